The molecule has 0 aliphatic heterocycles. The van der Waals surface area contributed by atoms with Gasteiger partial charge in [-0.2, -0.15) is 0 Å². The SMILES string of the molecule is COc1cc(OC)cc(-c2ccc3nc(Cl)ncc3c2F)c1.COc1cc(OC)cc(B(O)O)c1.Fc1c(Br)ccc2nc(Cl)ncc12. The van der Waals surface area contributed by atoms with Crippen LogP contribution in [0.25, 0.3) is 32.9 Å². The summed E-state index contributed by atoms with van der Waals surface area (Å²) < 4.78 is 48.8. The highest BCUT2D eigenvalue weighted by Crippen LogP contribution is 2.33. The number of methoxy groups -OCH3 is 4. The zero-order valence-electron chi connectivity index (χ0n) is 25.7. The lowest BCUT2D eigenvalue weighted by molar-refractivity contribution is 0.392. The number of fused-ring (bicyclic) bond motifs is 2. The third kappa shape index (κ3) is 8.97. The molecule has 0 spiro atoms. The fraction of sp³-hybridized carbons (Fsp3) is 0.125. The third-order valence-corrected chi connectivity index (χ3v) is 7.60. The van der Waals surface area contributed by atoms with Crippen LogP contribution in [0.2, 0.25) is 10.6 Å². The topological polar surface area (TPSA) is 129 Å². The molecule has 2 aromatic heterocycles. The van der Waals surface area contributed by atoms with E-state index in [1.807, 2.05) is 0 Å². The van der Waals surface area contributed by atoms with Gasteiger partial charge in [-0.1, -0.05) is 0 Å². The Balaban J connectivity index is 0.000000173. The molecule has 0 saturated heterocycles. The largest absolute Gasteiger partial charge is 0.497 e. The molecular weight excluding hydrogens is 736 g/mol. The standard InChI is InChI=1S/C16H12ClFN2O2.C8H11BO4.C8H3BrClFN2/c1-21-10-5-9(6-11(7-10)22-2)12-3-4-14-13(15(12)18)8-19-16(17)20-14;1-12-7-3-6(9(10)11)4-8(5-7)13-2;9-5-1-2-6-4(7(5)11)3-12-8(10)13-6/h3-8H,1-2H3;3-5,10-11H,1-2H3;1-3H. The average Bonchev–Trinajstić information content (AvgIpc) is 3.10. The Bertz CT molecular complexity index is 2020. The highest BCUT2D eigenvalue weighted by Gasteiger charge is 2.14. The lowest BCUT2D eigenvalue weighted by Crippen LogP contribution is -2.29. The molecule has 0 radical (unpaired) electrons. The van der Waals surface area contributed by atoms with Gasteiger partial charge >= 0.3 is 7.12 Å². The Hall–Kier alpha value is -4.34. The van der Waals surface area contributed by atoms with Crippen LogP contribution in [0.15, 0.2) is 77.5 Å². The van der Waals surface area contributed by atoms with E-state index in [0.29, 0.717) is 65.9 Å². The van der Waals surface area contributed by atoms with Crippen LogP contribution < -0.4 is 24.4 Å². The van der Waals surface area contributed by atoms with Crippen LogP contribution in [-0.2, 0) is 0 Å². The van der Waals surface area contributed by atoms with Crippen LogP contribution in [-0.4, -0.2) is 65.5 Å². The molecule has 2 N–H and O–H groups in total. The normalized spacial score (nSPS) is 10.4. The van der Waals surface area contributed by atoms with Crippen LogP contribution in [0.5, 0.6) is 23.0 Å². The van der Waals surface area contributed by atoms with E-state index in [9.17, 15) is 8.78 Å². The molecule has 2 heterocycles. The van der Waals surface area contributed by atoms with Crippen LogP contribution in [0.1, 0.15) is 0 Å². The molecule has 4 aromatic carbocycles. The molecule has 0 fully saturated rings. The summed E-state index contributed by atoms with van der Waals surface area (Å²) in [5.41, 5.74) is 2.36. The first kappa shape index (κ1) is 36.5. The van der Waals surface area contributed by atoms with E-state index in [1.54, 1.807) is 62.8 Å². The monoisotopic (exact) mass is 760 g/mol. The molecule has 0 saturated carbocycles. The summed E-state index contributed by atoms with van der Waals surface area (Å²) in [4.78, 5) is 15.4. The van der Waals surface area contributed by atoms with Crippen LogP contribution >= 0.6 is 39.1 Å². The van der Waals surface area contributed by atoms with Gasteiger partial charge < -0.3 is 29.0 Å². The van der Waals surface area contributed by atoms with Gasteiger partial charge in [-0.05, 0) is 98.7 Å². The average molecular weight is 762 g/mol. The molecule has 10 nitrogen and oxygen atoms in total. The number of halogens is 5. The number of hydrogen-bond acceptors (Lipinski definition) is 10. The van der Waals surface area contributed by atoms with E-state index in [-0.39, 0.29) is 16.4 Å². The van der Waals surface area contributed by atoms with E-state index in [4.69, 9.17) is 52.2 Å². The highest BCUT2D eigenvalue weighted by atomic mass is 79.9. The predicted octanol–water partition coefficient (Wildman–Crippen LogP) is 6.67. The molecule has 0 atom stereocenters. The predicted molar refractivity (Wildman–Crippen MR) is 185 cm³/mol. The molecule has 0 aliphatic carbocycles. The van der Waals surface area contributed by atoms with Crippen molar-refractivity contribution < 1.29 is 37.8 Å². The molecular formula is C32H26BBrCl2F2N4O6. The van der Waals surface area contributed by atoms with Crippen molar-refractivity contribution in [2.45, 2.75) is 0 Å². The van der Waals surface area contributed by atoms with Crippen molar-refractivity contribution >= 4 is 73.5 Å². The zero-order chi connectivity index (χ0) is 35.0. The van der Waals surface area contributed by atoms with Gasteiger partial charge in [0, 0.05) is 30.1 Å². The van der Waals surface area contributed by atoms with Crippen molar-refractivity contribution in [2.24, 2.45) is 0 Å². The van der Waals surface area contributed by atoms with Crippen molar-refractivity contribution in [3.8, 4) is 34.1 Å². The molecule has 6 rings (SSSR count). The van der Waals surface area contributed by atoms with E-state index in [1.165, 1.54) is 38.7 Å². The van der Waals surface area contributed by atoms with Crippen molar-refractivity contribution in [2.75, 3.05) is 28.4 Å². The first-order valence-electron chi connectivity index (χ1n) is 13.7. The summed E-state index contributed by atoms with van der Waals surface area (Å²) in [6.45, 7) is 0. The lowest BCUT2D eigenvalue weighted by atomic mass is 9.80. The number of nitrogens with zero attached hydrogens (tertiary/aromatic N) is 4. The van der Waals surface area contributed by atoms with Crippen molar-refractivity contribution in [1.29, 1.82) is 0 Å². The molecule has 248 valence electrons. The van der Waals surface area contributed by atoms with Gasteiger partial charge in [0.2, 0.25) is 10.6 Å². The second-order valence-corrected chi connectivity index (χ2v) is 11.1. The molecule has 6 aromatic rings. The Labute approximate surface area is 292 Å². The minimum atomic E-state index is -1.51. The fourth-order valence-electron chi connectivity index (χ4n) is 4.24. The fourth-order valence-corrected chi connectivity index (χ4v) is 4.86. The van der Waals surface area contributed by atoms with Crippen LogP contribution in [0, 0.1) is 11.6 Å². The minimum absolute atomic E-state index is 0.0858. The second-order valence-electron chi connectivity index (χ2n) is 9.55. The summed E-state index contributed by atoms with van der Waals surface area (Å²) in [5.74, 6) is 1.45. The second kappa shape index (κ2) is 16.7. The van der Waals surface area contributed by atoms with Crippen molar-refractivity contribution in [3.05, 3.63) is 99.7 Å². The number of rotatable bonds is 6. The Kier molecular flexibility index (Phi) is 12.7. The van der Waals surface area contributed by atoms with E-state index >= 15 is 0 Å². The maximum absolute atomic E-state index is 14.8. The molecule has 0 unspecified atom stereocenters. The summed E-state index contributed by atoms with van der Waals surface area (Å²) in [6.07, 6.45) is 2.74. The smallest absolute Gasteiger partial charge is 0.488 e. The Morgan fingerprint density at radius 2 is 1.08 bits per heavy atom. The Morgan fingerprint density at radius 3 is 1.54 bits per heavy atom. The van der Waals surface area contributed by atoms with Crippen molar-refractivity contribution in [3.63, 3.8) is 0 Å². The van der Waals surface area contributed by atoms with E-state index in [2.05, 4.69) is 35.9 Å². The Morgan fingerprint density at radius 1 is 0.646 bits per heavy atom. The minimum Gasteiger partial charge on any atom is -0.497 e. The lowest BCUT2D eigenvalue weighted by Gasteiger charge is -2.10. The van der Waals surface area contributed by atoms with Gasteiger partial charge in [0.15, 0.2) is 0 Å². The maximum atomic E-state index is 14.8. The van der Waals surface area contributed by atoms with Gasteiger partial charge in [0.25, 0.3) is 0 Å². The maximum Gasteiger partial charge on any atom is 0.488 e. The first-order chi connectivity index (χ1) is 23.0. The van der Waals surface area contributed by atoms with Gasteiger partial charge in [0.05, 0.1) is 54.7 Å². The molecule has 0 aliphatic rings. The number of hydrogen-bond donors (Lipinski definition) is 2. The number of benzene rings is 4. The van der Waals surface area contributed by atoms with E-state index in [0.717, 1.165) is 0 Å². The van der Waals surface area contributed by atoms with Crippen molar-refractivity contribution in [1.82, 2.24) is 19.9 Å². The summed E-state index contributed by atoms with van der Waals surface area (Å²) in [7, 11) is 4.59. The van der Waals surface area contributed by atoms with E-state index < -0.39 is 12.9 Å². The van der Waals surface area contributed by atoms with Gasteiger partial charge in [0.1, 0.15) is 34.6 Å². The van der Waals surface area contributed by atoms with Gasteiger partial charge in [-0.3, -0.25) is 0 Å². The quantitative estimate of drug-likeness (QED) is 0.140. The van der Waals surface area contributed by atoms with Gasteiger partial charge in [-0.25, -0.2) is 28.7 Å². The summed E-state index contributed by atoms with van der Waals surface area (Å²) >= 11 is 14.4. The third-order valence-electron chi connectivity index (χ3n) is 6.63. The summed E-state index contributed by atoms with van der Waals surface area (Å²) in [6, 6.07) is 16.5. The van der Waals surface area contributed by atoms with Crippen LogP contribution in [0.3, 0.4) is 0 Å². The first-order valence-corrected chi connectivity index (χ1v) is 15.2. The molecule has 0 bridgehead atoms. The molecule has 0 amide bonds. The number of ether oxygens (including phenoxy) is 4. The number of aromatic nitrogens is 4. The van der Waals surface area contributed by atoms with Crippen LogP contribution in [0.4, 0.5) is 8.78 Å². The summed E-state index contributed by atoms with van der Waals surface area (Å²) in [5, 5.41) is 18.7. The highest BCUT2D eigenvalue weighted by molar-refractivity contribution is 9.10. The molecule has 16 heteroatoms. The van der Waals surface area contributed by atoms with Gasteiger partial charge in [-0.15, -0.1) is 0 Å². The zero-order valence-corrected chi connectivity index (χ0v) is 28.8. The molecule has 48 heavy (non-hydrogen) atoms.